The van der Waals surface area contributed by atoms with Crippen molar-refractivity contribution in [3.8, 4) is 0 Å². The molecule has 0 saturated carbocycles. The Morgan fingerprint density at radius 2 is 1.67 bits per heavy atom. The predicted octanol–water partition coefficient (Wildman–Crippen LogP) is 2.72. The first-order chi connectivity index (χ1) is 8.59. The van der Waals surface area contributed by atoms with Crippen molar-refractivity contribution in [2.45, 2.75) is 0 Å². The van der Waals surface area contributed by atoms with Gasteiger partial charge >= 0.3 is 5.97 Å². The Morgan fingerprint density at radius 3 is 2.22 bits per heavy atom. The molecule has 1 N–H and O–H groups in total. The van der Waals surface area contributed by atoms with Gasteiger partial charge in [-0.15, -0.1) is 11.3 Å². The number of anilines is 1. The molecule has 92 valence electrons. The van der Waals surface area contributed by atoms with Crippen LogP contribution < -0.4 is 4.90 Å². The molecule has 1 aromatic carbocycles. The van der Waals surface area contributed by atoms with Crippen LogP contribution in [-0.2, 0) is 0 Å². The molecule has 0 unspecified atom stereocenters. The predicted molar refractivity (Wildman–Crippen MR) is 70.5 cm³/mol. The van der Waals surface area contributed by atoms with Crippen molar-refractivity contribution in [3.05, 3.63) is 52.2 Å². The van der Waals surface area contributed by atoms with Gasteiger partial charge in [0.2, 0.25) is 0 Å². The monoisotopic (exact) mass is 261 g/mol. The zero-order valence-corrected chi connectivity index (χ0v) is 10.5. The summed E-state index contributed by atoms with van der Waals surface area (Å²) in [6.07, 6.45) is 0. The molecular formula is C13H11NO3S. The van der Waals surface area contributed by atoms with Crippen molar-refractivity contribution < 1.29 is 14.7 Å². The van der Waals surface area contributed by atoms with Crippen LogP contribution in [0.15, 0.2) is 42.5 Å². The average Bonchev–Trinajstić information content (AvgIpc) is 2.88. The Hall–Kier alpha value is -2.14. The van der Waals surface area contributed by atoms with Crippen molar-refractivity contribution in [2.75, 3.05) is 11.9 Å². The van der Waals surface area contributed by atoms with Crippen molar-refractivity contribution in [3.63, 3.8) is 0 Å². The van der Waals surface area contributed by atoms with E-state index in [4.69, 9.17) is 5.11 Å². The van der Waals surface area contributed by atoms with Crippen LogP contribution in [0.25, 0.3) is 0 Å². The number of amides is 1. The maximum Gasteiger partial charge on any atom is 0.345 e. The van der Waals surface area contributed by atoms with Gasteiger partial charge in [0.1, 0.15) is 4.88 Å². The maximum atomic E-state index is 12.1. The summed E-state index contributed by atoms with van der Waals surface area (Å²) in [4.78, 5) is 25.0. The summed E-state index contributed by atoms with van der Waals surface area (Å²) in [6, 6.07) is 12.2. The molecule has 0 saturated heterocycles. The quantitative estimate of drug-likeness (QED) is 0.924. The van der Waals surface area contributed by atoms with Crippen LogP contribution in [0.5, 0.6) is 0 Å². The minimum absolute atomic E-state index is 0.166. The second-order valence-electron chi connectivity index (χ2n) is 3.67. The van der Waals surface area contributed by atoms with Gasteiger partial charge in [0.05, 0.1) is 4.88 Å². The number of nitrogens with zero attached hydrogens (tertiary/aromatic N) is 1. The number of hydrogen-bond donors (Lipinski definition) is 1. The van der Waals surface area contributed by atoms with Gasteiger partial charge in [-0.3, -0.25) is 4.79 Å². The number of carbonyl (C=O) groups is 2. The van der Waals surface area contributed by atoms with E-state index >= 15 is 0 Å². The Morgan fingerprint density at radius 1 is 1.06 bits per heavy atom. The Kier molecular flexibility index (Phi) is 3.43. The molecule has 4 nitrogen and oxygen atoms in total. The summed E-state index contributed by atoms with van der Waals surface area (Å²) in [7, 11) is 1.66. The number of carboxylic acid groups (broad SMARTS) is 1. The van der Waals surface area contributed by atoms with Crippen LogP contribution >= 0.6 is 11.3 Å². The summed E-state index contributed by atoms with van der Waals surface area (Å²) < 4.78 is 0. The fourth-order valence-corrected chi connectivity index (χ4v) is 2.32. The third-order valence-corrected chi connectivity index (χ3v) is 3.54. The standard InChI is InChI=1S/C13H11NO3S/c1-14(9-5-3-2-4-6-9)12(15)10-7-8-11(18-10)13(16)17/h2-8H,1H3,(H,16,17). The van der Waals surface area contributed by atoms with E-state index in [1.165, 1.54) is 17.0 Å². The van der Waals surface area contributed by atoms with Gasteiger partial charge in [-0.05, 0) is 24.3 Å². The topological polar surface area (TPSA) is 57.6 Å². The molecule has 0 aliphatic heterocycles. The van der Waals surface area contributed by atoms with Crippen LogP contribution in [0.3, 0.4) is 0 Å². The molecule has 0 fully saturated rings. The first-order valence-corrected chi connectivity index (χ1v) is 6.07. The van der Waals surface area contributed by atoms with Crippen molar-refractivity contribution in [2.24, 2.45) is 0 Å². The smallest absolute Gasteiger partial charge is 0.345 e. The molecule has 2 aromatic rings. The summed E-state index contributed by atoms with van der Waals surface area (Å²) in [5.41, 5.74) is 0.771. The molecule has 0 atom stereocenters. The van der Waals surface area contributed by atoms with Crippen LogP contribution in [0, 0.1) is 0 Å². The van der Waals surface area contributed by atoms with E-state index in [-0.39, 0.29) is 10.8 Å². The lowest BCUT2D eigenvalue weighted by Crippen LogP contribution is -2.25. The molecule has 1 heterocycles. The molecule has 18 heavy (non-hydrogen) atoms. The van der Waals surface area contributed by atoms with Gasteiger partial charge in [-0.1, -0.05) is 18.2 Å². The fourth-order valence-electron chi connectivity index (χ4n) is 1.50. The largest absolute Gasteiger partial charge is 0.477 e. The summed E-state index contributed by atoms with van der Waals surface area (Å²) in [5, 5.41) is 8.82. The highest BCUT2D eigenvalue weighted by Crippen LogP contribution is 2.21. The lowest BCUT2D eigenvalue weighted by atomic mass is 10.3. The molecule has 2 rings (SSSR count). The molecule has 0 spiro atoms. The number of para-hydroxylation sites is 1. The SMILES string of the molecule is CN(C(=O)c1ccc(C(=O)O)s1)c1ccccc1. The van der Waals surface area contributed by atoms with Crippen molar-refractivity contribution in [1.29, 1.82) is 0 Å². The van der Waals surface area contributed by atoms with E-state index in [1.807, 2.05) is 30.3 Å². The zero-order chi connectivity index (χ0) is 13.1. The number of carbonyl (C=O) groups excluding carboxylic acids is 1. The molecule has 0 bridgehead atoms. The fraction of sp³-hybridized carbons (Fsp3) is 0.0769. The number of rotatable bonds is 3. The highest BCUT2D eigenvalue weighted by atomic mass is 32.1. The lowest BCUT2D eigenvalue weighted by Gasteiger charge is -2.15. The first kappa shape index (κ1) is 12.3. The Labute approximate surface area is 108 Å². The molecule has 0 radical (unpaired) electrons. The Balaban J connectivity index is 2.23. The van der Waals surface area contributed by atoms with Gasteiger partial charge in [-0.25, -0.2) is 4.79 Å². The highest BCUT2D eigenvalue weighted by Gasteiger charge is 2.17. The lowest BCUT2D eigenvalue weighted by molar-refractivity contribution is 0.0702. The zero-order valence-electron chi connectivity index (χ0n) is 9.66. The van der Waals surface area contributed by atoms with E-state index in [9.17, 15) is 9.59 Å². The van der Waals surface area contributed by atoms with Gasteiger partial charge in [-0.2, -0.15) is 0 Å². The number of thiophene rings is 1. The molecular weight excluding hydrogens is 250 g/mol. The van der Waals surface area contributed by atoms with Gasteiger partial charge in [0, 0.05) is 12.7 Å². The highest BCUT2D eigenvalue weighted by molar-refractivity contribution is 7.16. The minimum Gasteiger partial charge on any atom is -0.477 e. The number of aromatic carboxylic acids is 1. The van der Waals surface area contributed by atoms with E-state index in [2.05, 4.69) is 0 Å². The minimum atomic E-state index is -1.01. The number of benzene rings is 1. The molecule has 1 aromatic heterocycles. The maximum absolute atomic E-state index is 12.1. The van der Waals surface area contributed by atoms with Gasteiger partial charge < -0.3 is 10.0 Å². The van der Waals surface area contributed by atoms with E-state index in [0.717, 1.165) is 17.0 Å². The third-order valence-electron chi connectivity index (χ3n) is 2.48. The van der Waals surface area contributed by atoms with E-state index in [1.54, 1.807) is 7.05 Å². The molecule has 0 aliphatic carbocycles. The summed E-state index contributed by atoms with van der Waals surface area (Å²) >= 11 is 0.981. The Bertz CT molecular complexity index is 577. The van der Waals surface area contributed by atoms with Crippen LogP contribution in [0.2, 0.25) is 0 Å². The van der Waals surface area contributed by atoms with Crippen molar-refractivity contribution in [1.82, 2.24) is 0 Å². The molecule has 1 amide bonds. The second kappa shape index (κ2) is 5.01. The van der Waals surface area contributed by atoms with E-state index < -0.39 is 5.97 Å². The molecule has 5 heteroatoms. The van der Waals surface area contributed by atoms with Crippen molar-refractivity contribution >= 4 is 28.9 Å². The van der Waals surface area contributed by atoms with Gasteiger partial charge in [0.25, 0.3) is 5.91 Å². The molecule has 0 aliphatic rings. The second-order valence-corrected chi connectivity index (χ2v) is 4.75. The summed E-state index contributed by atoms with van der Waals surface area (Å²) in [5.74, 6) is -1.22. The number of hydrogen-bond acceptors (Lipinski definition) is 3. The van der Waals surface area contributed by atoms with Gasteiger partial charge in [0.15, 0.2) is 0 Å². The van der Waals surface area contributed by atoms with Crippen LogP contribution in [-0.4, -0.2) is 24.0 Å². The average molecular weight is 261 g/mol. The summed E-state index contributed by atoms with van der Waals surface area (Å²) in [6.45, 7) is 0. The van der Waals surface area contributed by atoms with Crippen LogP contribution in [0.4, 0.5) is 5.69 Å². The first-order valence-electron chi connectivity index (χ1n) is 5.26. The third kappa shape index (κ3) is 2.41. The number of carboxylic acids is 1. The van der Waals surface area contributed by atoms with E-state index in [0.29, 0.717) is 4.88 Å². The normalized spacial score (nSPS) is 10.1. The van der Waals surface area contributed by atoms with Crippen LogP contribution in [0.1, 0.15) is 19.3 Å².